The quantitative estimate of drug-likeness (QED) is 0.771. The van der Waals surface area contributed by atoms with Gasteiger partial charge in [0.25, 0.3) is 0 Å². The van der Waals surface area contributed by atoms with E-state index in [9.17, 15) is 4.79 Å². The van der Waals surface area contributed by atoms with Crippen LogP contribution >= 0.6 is 0 Å². The molecular weight excluding hydrogens is 228 g/mol. The van der Waals surface area contributed by atoms with Crippen molar-refractivity contribution >= 4 is 5.91 Å². The Balaban J connectivity index is 2.28. The van der Waals surface area contributed by atoms with E-state index in [2.05, 4.69) is 10.6 Å². The lowest BCUT2D eigenvalue weighted by molar-refractivity contribution is -0.121. The Hall–Kier alpha value is -1.55. The zero-order valence-corrected chi connectivity index (χ0v) is 11.3. The van der Waals surface area contributed by atoms with E-state index < -0.39 is 0 Å². The summed E-state index contributed by atoms with van der Waals surface area (Å²) < 4.78 is 5.62. The van der Waals surface area contributed by atoms with Gasteiger partial charge in [0.05, 0.1) is 6.04 Å². The molecular formula is C14H22N2O2. The Morgan fingerprint density at radius 1 is 1.44 bits per heavy atom. The van der Waals surface area contributed by atoms with Crippen LogP contribution in [0.5, 0.6) is 5.75 Å². The fourth-order valence-electron chi connectivity index (χ4n) is 1.55. The van der Waals surface area contributed by atoms with Gasteiger partial charge in [-0.2, -0.15) is 0 Å². The number of aryl methyl sites for hydroxylation is 1. The maximum absolute atomic E-state index is 11.5. The molecule has 0 aliphatic heterocycles. The van der Waals surface area contributed by atoms with Gasteiger partial charge in [-0.15, -0.1) is 0 Å². The monoisotopic (exact) mass is 250 g/mol. The van der Waals surface area contributed by atoms with Gasteiger partial charge in [-0.05, 0) is 38.6 Å². The highest BCUT2D eigenvalue weighted by molar-refractivity contribution is 5.76. The molecule has 0 saturated heterocycles. The molecule has 0 heterocycles. The fourth-order valence-corrected chi connectivity index (χ4v) is 1.55. The molecule has 0 aliphatic carbocycles. The minimum Gasteiger partial charge on any atom is -0.491 e. The van der Waals surface area contributed by atoms with E-state index in [-0.39, 0.29) is 11.9 Å². The average Bonchev–Trinajstić information content (AvgIpc) is 2.34. The van der Waals surface area contributed by atoms with E-state index in [1.165, 1.54) is 5.56 Å². The minimum atomic E-state index is 0.00914. The molecule has 0 aliphatic rings. The van der Waals surface area contributed by atoms with Gasteiger partial charge >= 0.3 is 0 Å². The first kappa shape index (κ1) is 14.5. The van der Waals surface area contributed by atoms with E-state index in [0.717, 1.165) is 5.75 Å². The van der Waals surface area contributed by atoms with Crippen LogP contribution in [0, 0.1) is 6.92 Å². The number of hydrogen-bond acceptors (Lipinski definition) is 3. The third-order valence-corrected chi connectivity index (χ3v) is 2.50. The van der Waals surface area contributed by atoms with Crippen LogP contribution in [0.4, 0.5) is 0 Å². The van der Waals surface area contributed by atoms with Crippen molar-refractivity contribution in [1.29, 1.82) is 0 Å². The molecule has 0 saturated carbocycles. The highest BCUT2D eigenvalue weighted by atomic mass is 16.5. The molecule has 100 valence electrons. The third kappa shape index (κ3) is 5.68. The first-order valence-corrected chi connectivity index (χ1v) is 6.25. The van der Waals surface area contributed by atoms with Gasteiger partial charge in [0, 0.05) is 13.0 Å². The van der Waals surface area contributed by atoms with Gasteiger partial charge in [-0.1, -0.05) is 12.1 Å². The molecule has 4 heteroatoms. The van der Waals surface area contributed by atoms with Crippen molar-refractivity contribution < 1.29 is 9.53 Å². The lowest BCUT2D eigenvalue weighted by Gasteiger charge is -2.15. The second kappa shape index (κ2) is 7.71. The normalized spacial score (nSPS) is 11.9. The summed E-state index contributed by atoms with van der Waals surface area (Å²) in [5.74, 6) is 0.885. The molecule has 1 unspecified atom stereocenters. The van der Waals surface area contributed by atoms with E-state index in [0.29, 0.717) is 19.6 Å². The van der Waals surface area contributed by atoms with Gasteiger partial charge in [0.15, 0.2) is 0 Å². The highest BCUT2D eigenvalue weighted by Gasteiger charge is 2.07. The zero-order valence-electron chi connectivity index (χ0n) is 11.3. The Kier molecular flexibility index (Phi) is 6.22. The molecule has 4 nitrogen and oxygen atoms in total. The zero-order chi connectivity index (χ0) is 13.4. The molecule has 1 rings (SSSR count). The summed E-state index contributed by atoms with van der Waals surface area (Å²) in [6.45, 7) is 5.13. The van der Waals surface area contributed by atoms with Gasteiger partial charge in [0.1, 0.15) is 12.4 Å². The summed E-state index contributed by atoms with van der Waals surface area (Å²) in [5, 5.41) is 5.84. The van der Waals surface area contributed by atoms with Crippen LogP contribution in [0.1, 0.15) is 18.9 Å². The van der Waals surface area contributed by atoms with Crippen LogP contribution in [0.3, 0.4) is 0 Å². The summed E-state index contributed by atoms with van der Waals surface area (Å²) in [5.41, 5.74) is 1.17. The second-order valence-electron chi connectivity index (χ2n) is 4.45. The molecule has 18 heavy (non-hydrogen) atoms. The van der Waals surface area contributed by atoms with Crippen molar-refractivity contribution in [3.63, 3.8) is 0 Å². The molecule has 0 bridgehead atoms. The van der Waals surface area contributed by atoms with Crippen LogP contribution in [-0.4, -0.2) is 32.1 Å². The van der Waals surface area contributed by atoms with Crippen molar-refractivity contribution in [3.05, 3.63) is 29.8 Å². The largest absolute Gasteiger partial charge is 0.491 e. The maximum atomic E-state index is 11.5. The SMILES string of the molecule is CNCCC(=O)NC(C)COc1cccc(C)c1. The Morgan fingerprint density at radius 3 is 2.89 bits per heavy atom. The Bertz CT molecular complexity index is 380. The molecule has 1 atom stereocenters. The summed E-state index contributed by atoms with van der Waals surface area (Å²) in [7, 11) is 1.83. The molecule has 1 aromatic rings. The predicted octanol–water partition coefficient (Wildman–Crippen LogP) is 1.49. The van der Waals surface area contributed by atoms with Crippen LogP contribution < -0.4 is 15.4 Å². The van der Waals surface area contributed by atoms with Gasteiger partial charge in [-0.3, -0.25) is 4.79 Å². The van der Waals surface area contributed by atoms with Gasteiger partial charge in [-0.25, -0.2) is 0 Å². The first-order chi connectivity index (χ1) is 8.61. The molecule has 1 aromatic carbocycles. The van der Waals surface area contributed by atoms with E-state index in [1.54, 1.807) is 0 Å². The maximum Gasteiger partial charge on any atom is 0.221 e. The van der Waals surface area contributed by atoms with Gasteiger partial charge < -0.3 is 15.4 Å². The third-order valence-electron chi connectivity index (χ3n) is 2.50. The lowest BCUT2D eigenvalue weighted by Crippen LogP contribution is -2.37. The van der Waals surface area contributed by atoms with E-state index >= 15 is 0 Å². The molecule has 0 radical (unpaired) electrons. The van der Waals surface area contributed by atoms with Crippen molar-refractivity contribution in [3.8, 4) is 5.75 Å². The smallest absolute Gasteiger partial charge is 0.221 e. The lowest BCUT2D eigenvalue weighted by atomic mass is 10.2. The predicted molar refractivity (Wildman–Crippen MR) is 72.8 cm³/mol. The molecule has 0 spiro atoms. The highest BCUT2D eigenvalue weighted by Crippen LogP contribution is 2.12. The van der Waals surface area contributed by atoms with Crippen molar-refractivity contribution in [2.45, 2.75) is 26.3 Å². The number of benzene rings is 1. The standard InChI is InChI=1S/C14H22N2O2/c1-11-5-4-6-13(9-11)18-10-12(2)16-14(17)7-8-15-3/h4-6,9,12,15H,7-8,10H2,1-3H3,(H,16,17). The summed E-state index contributed by atoms with van der Waals surface area (Å²) in [6, 6.07) is 7.89. The van der Waals surface area contributed by atoms with Crippen LogP contribution in [0.25, 0.3) is 0 Å². The summed E-state index contributed by atoms with van der Waals surface area (Å²) >= 11 is 0. The van der Waals surface area contributed by atoms with Crippen molar-refractivity contribution in [2.75, 3.05) is 20.2 Å². The number of hydrogen-bond donors (Lipinski definition) is 2. The van der Waals surface area contributed by atoms with Crippen molar-refractivity contribution in [1.82, 2.24) is 10.6 Å². The van der Waals surface area contributed by atoms with Gasteiger partial charge in [0.2, 0.25) is 5.91 Å². The summed E-state index contributed by atoms with van der Waals surface area (Å²) in [6.07, 6.45) is 0.491. The van der Waals surface area contributed by atoms with Crippen LogP contribution in [-0.2, 0) is 4.79 Å². The number of carbonyl (C=O) groups is 1. The average molecular weight is 250 g/mol. The fraction of sp³-hybridized carbons (Fsp3) is 0.500. The Labute approximate surface area is 109 Å². The molecule has 0 aromatic heterocycles. The molecule has 2 N–H and O–H groups in total. The van der Waals surface area contributed by atoms with Crippen molar-refractivity contribution in [2.24, 2.45) is 0 Å². The second-order valence-corrected chi connectivity index (χ2v) is 4.45. The minimum absolute atomic E-state index is 0.00914. The Morgan fingerprint density at radius 2 is 2.22 bits per heavy atom. The number of rotatable bonds is 7. The molecule has 1 amide bonds. The number of ether oxygens (including phenoxy) is 1. The number of nitrogens with one attached hydrogen (secondary N) is 2. The molecule has 0 fully saturated rings. The number of amides is 1. The van der Waals surface area contributed by atoms with Crippen LogP contribution in [0.2, 0.25) is 0 Å². The van der Waals surface area contributed by atoms with Crippen LogP contribution in [0.15, 0.2) is 24.3 Å². The topological polar surface area (TPSA) is 50.4 Å². The first-order valence-electron chi connectivity index (χ1n) is 6.25. The van der Waals surface area contributed by atoms with E-state index in [4.69, 9.17) is 4.74 Å². The number of carbonyl (C=O) groups excluding carboxylic acids is 1. The summed E-state index contributed by atoms with van der Waals surface area (Å²) in [4.78, 5) is 11.5. The van der Waals surface area contributed by atoms with E-state index in [1.807, 2.05) is 45.2 Å².